The number of anilines is 1. The van der Waals surface area contributed by atoms with Crippen LogP contribution in [-0.4, -0.2) is 36.7 Å². The summed E-state index contributed by atoms with van der Waals surface area (Å²) in [7, 11) is 0. The minimum atomic E-state index is -0.286. The van der Waals surface area contributed by atoms with Crippen LogP contribution in [0.15, 0.2) is 65.1 Å². The third kappa shape index (κ3) is 3.88. The van der Waals surface area contributed by atoms with E-state index in [9.17, 15) is 4.79 Å². The Bertz CT molecular complexity index is 1620. The van der Waals surface area contributed by atoms with Gasteiger partial charge in [0.05, 0.1) is 18.2 Å². The van der Waals surface area contributed by atoms with Crippen LogP contribution in [0.3, 0.4) is 0 Å². The minimum absolute atomic E-state index is 0. The SMILES string of the molecule is CCOC(=O)c1ccccc1-c1c2ccc(=[N+]3C4CCC3CC4)cc-2oc2cc(N3C4CCC3CC4)ccc12.[Cl-]. The summed E-state index contributed by atoms with van der Waals surface area (Å²) in [6, 6.07) is 23.8. The summed E-state index contributed by atoms with van der Waals surface area (Å²) < 4.78 is 14.9. The Balaban J connectivity index is 0.00000264. The van der Waals surface area contributed by atoms with Crippen LogP contribution >= 0.6 is 0 Å². The summed E-state index contributed by atoms with van der Waals surface area (Å²) in [5.41, 5.74) is 5.70. The van der Waals surface area contributed by atoms with Crippen molar-refractivity contribution >= 4 is 22.6 Å². The van der Waals surface area contributed by atoms with E-state index in [-0.39, 0.29) is 18.4 Å². The van der Waals surface area contributed by atoms with Crippen LogP contribution < -0.4 is 27.2 Å². The molecule has 0 atom stereocenters. The van der Waals surface area contributed by atoms with E-state index in [0.717, 1.165) is 33.4 Å². The van der Waals surface area contributed by atoms with Crippen molar-refractivity contribution < 1.29 is 26.4 Å². The lowest BCUT2D eigenvalue weighted by Gasteiger charge is -2.25. The second kappa shape index (κ2) is 9.95. The molecule has 5 aliphatic heterocycles. The molecule has 2 aromatic rings. The molecular weight excluding hydrogens is 520 g/mol. The Morgan fingerprint density at radius 3 is 2.27 bits per heavy atom. The van der Waals surface area contributed by atoms with Crippen molar-refractivity contribution in [2.45, 2.75) is 82.5 Å². The molecule has 0 spiro atoms. The van der Waals surface area contributed by atoms with Gasteiger partial charge < -0.3 is 26.5 Å². The number of hydrogen-bond acceptors (Lipinski definition) is 4. The lowest BCUT2D eigenvalue weighted by molar-refractivity contribution is -0.0000262. The Kier molecular flexibility index (Phi) is 6.38. The van der Waals surface area contributed by atoms with Crippen molar-refractivity contribution in [2.24, 2.45) is 0 Å². The summed E-state index contributed by atoms with van der Waals surface area (Å²) in [6.45, 7) is 2.20. The van der Waals surface area contributed by atoms with Gasteiger partial charge in [-0.2, -0.15) is 0 Å². The molecule has 0 radical (unpaired) electrons. The van der Waals surface area contributed by atoms with Crippen LogP contribution in [0.1, 0.15) is 68.6 Å². The molecule has 6 aliphatic rings. The number of benzene rings is 3. The molecule has 1 aliphatic carbocycles. The van der Waals surface area contributed by atoms with Crippen LogP contribution in [0.25, 0.3) is 33.4 Å². The van der Waals surface area contributed by atoms with Gasteiger partial charge in [0.15, 0.2) is 12.1 Å². The highest BCUT2D eigenvalue weighted by Gasteiger charge is 2.44. The smallest absolute Gasteiger partial charge is 0.338 e. The van der Waals surface area contributed by atoms with Crippen molar-refractivity contribution in [1.82, 2.24) is 4.58 Å². The van der Waals surface area contributed by atoms with E-state index in [1.54, 1.807) is 0 Å². The van der Waals surface area contributed by atoms with Crippen LogP contribution in [0.4, 0.5) is 5.69 Å². The van der Waals surface area contributed by atoms with E-state index in [2.05, 4.69) is 45.9 Å². The van der Waals surface area contributed by atoms with Gasteiger partial charge >= 0.3 is 5.97 Å². The highest BCUT2D eigenvalue weighted by molar-refractivity contribution is 6.08. The van der Waals surface area contributed by atoms with E-state index in [4.69, 9.17) is 9.15 Å². The third-order valence-electron chi connectivity index (χ3n) is 9.88. The van der Waals surface area contributed by atoms with E-state index in [0.29, 0.717) is 36.3 Å². The Morgan fingerprint density at radius 2 is 1.57 bits per heavy atom. The van der Waals surface area contributed by atoms with Crippen LogP contribution in [0.5, 0.6) is 0 Å². The molecule has 0 unspecified atom stereocenters. The number of halogens is 1. The summed E-state index contributed by atoms with van der Waals surface area (Å²) >= 11 is 0. The van der Waals surface area contributed by atoms with Gasteiger partial charge in [-0.25, -0.2) is 9.37 Å². The number of carbonyl (C=O) groups excluding carboxylic acids is 1. The van der Waals surface area contributed by atoms with Gasteiger partial charge in [0.1, 0.15) is 11.3 Å². The maximum absolute atomic E-state index is 13.1. The molecule has 40 heavy (non-hydrogen) atoms. The van der Waals surface area contributed by atoms with Crippen molar-refractivity contribution in [3.8, 4) is 22.5 Å². The quantitative estimate of drug-likeness (QED) is 0.220. The zero-order valence-corrected chi connectivity index (χ0v) is 23.7. The fraction of sp³-hybridized carbons (Fsp3) is 0.412. The number of esters is 1. The Hall–Kier alpha value is -3.31. The first-order valence-corrected chi connectivity index (χ1v) is 14.9. The zero-order chi connectivity index (χ0) is 26.1. The molecule has 6 heteroatoms. The molecule has 206 valence electrons. The molecule has 0 N–H and O–H groups in total. The molecular formula is C34H35ClN2O3. The fourth-order valence-electron chi connectivity index (χ4n) is 8.24. The van der Waals surface area contributed by atoms with E-state index < -0.39 is 0 Å². The van der Waals surface area contributed by atoms with Gasteiger partial charge in [-0.05, 0) is 62.4 Å². The maximum Gasteiger partial charge on any atom is 0.338 e. The van der Waals surface area contributed by atoms with E-state index in [1.807, 2.05) is 31.2 Å². The summed E-state index contributed by atoms with van der Waals surface area (Å²) in [5, 5.41) is 2.29. The Morgan fingerprint density at radius 1 is 0.875 bits per heavy atom. The van der Waals surface area contributed by atoms with Crippen molar-refractivity contribution in [2.75, 3.05) is 11.5 Å². The molecule has 0 aromatic heterocycles. The lowest BCUT2D eigenvalue weighted by atomic mass is 9.90. The summed E-state index contributed by atoms with van der Waals surface area (Å²) in [6.07, 6.45) is 10.3. The number of nitrogens with zero attached hydrogens (tertiary/aromatic N) is 2. The highest BCUT2D eigenvalue weighted by Crippen LogP contribution is 2.45. The van der Waals surface area contributed by atoms with Crippen LogP contribution in [0, 0.1) is 0 Å². The topological polar surface area (TPSA) is 45.7 Å². The van der Waals surface area contributed by atoms with Gasteiger partial charge in [-0.1, -0.05) is 18.2 Å². The maximum atomic E-state index is 13.1. The average Bonchev–Trinajstić information content (AvgIpc) is 3.77. The van der Waals surface area contributed by atoms with Gasteiger partial charge in [0, 0.05) is 72.1 Å². The molecule has 4 bridgehead atoms. The molecule has 0 amide bonds. The largest absolute Gasteiger partial charge is 1.00 e. The standard InChI is InChI=1S/C34H35N2O3.ClH/c1-2-38-34(37)28-6-4-3-5-27(28)33-29-17-15-25(35-21-7-8-22(35)10-9-21)19-31(29)39-32-20-26(16-18-30(32)33)36-23-11-12-24(36)14-13-23;/h3-6,15-24H,2,7-14H2,1H3;1H/q+1;/p-1. The second-order valence-electron chi connectivity index (χ2n) is 11.8. The zero-order valence-electron chi connectivity index (χ0n) is 22.9. The van der Waals surface area contributed by atoms with Gasteiger partial charge in [0.2, 0.25) is 5.36 Å². The van der Waals surface area contributed by atoms with Crippen LogP contribution in [-0.2, 0) is 4.74 Å². The second-order valence-corrected chi connectivity index (χ2v) is 11.8. The number of ether oxygens (including phenoxy) is 1. The number of fused-ring (bicyclic) bond motifs is 6. The molecule has 4 saturated heterocycles. The molecule has 5 heterocycles. The monoisotopic (exact) mass is 554 g/mol. The van der Waals surface area contributed by atoms with Gasteiger partial charge in [-0.3, -0.25) is 0 Å². The number of hydrogen-bond donors (Lipinski definition) is 0. The minimum Gasteiger partial charge on any atom is -1.00 e. The van der Waals surface area contributed by atoms with Crippen molar-refractivity contribution in [1.29, 1.82) is 0 Å². The lowest BCUT2D eigenvalue weighted by Crippen LogP contribution is -3.00. The van der Waals surface area contributed by atoms with E-state index in [1.165, 1.54) is 62.4 Å². The molecule has 8 rings (SSSR count). The Labute approximate surface area is 241 Å². The number of carbonyl (C=O) groups is 1. The third-order valence-corrected chi connectivity index (χ3v) is 9.88. The summed E-state index contributed by atoms with van der Waals surface area (Å²) in [5.74, 6) is 0.590. The number of rotatable bonds is 4. The highest BCUT2D eigenvalue weighted by atomic mass is 35.5. The first kappa shape index (κ1) is 25.6. The molecule has 0 saturated carbocycles. The predicted octanol–water partition coefficient (Wildman–Crippen LogP) is 3.61. The molecule has 4 fully saturated rings. The first-order valence-electron chi connectivity index (χ1n) is 14.9. The van der Waals surface area contributed by atoms with Crippen molar-refractivity contribution in [3.05, 3.63) is 71.6 Å². The average molecular weight is 555 g/mol. The fourth-order valence-corrected chi connectivity index (χ4v) is 8.24. The molecule has 5 nitrogen and oxygen atoms in total. The van der Waals surface area contributed by atoms with Crippen molar-refractivity contribution in [3.63, 3.8) is 0 Å². The van der Waals surface area contributed by atoms with Gasteiger partial charge in [-0.15, -0.1) is 0 Å². The van der Waals surface area contributed by atoms with E-state index >= 15 is 0 Å². The van der Waals surface area contributed by atoms with Gasteiger partial charge in [0.25, 0.3) is 0 Å². The molecule has 2 aromatic carbocycles. The normalized spacial score (nSPS) is 24.7. The first-order chi connectivity index (χ1) is 19.2. The predicted molar refractivity (Wildman–Crippen MR) is 154 cm³/mol. The van der Waals surface area contributed by atoms with Crippen LogP contribution in [0.2, 0.25) is 0 Å². The summed E-state index contributed by atoms with van der Waals surface area (Å²) in [4.78, 5) is 15.7.